The number of thiocarbonyl (C=S) groups is 1. The number of rotatable bonds is 5. The minimum Gasteiger partial charge on any atom is -0.362 e. The number of benzene rings is 1. The summed E-state index contributed by atoms with van der Waals surface area (Å²) in [6, 6.07) is 8.23. The standard InChI is InChI=1S/C16H21N3O2S2/c20-23(21)8-6-12(11-23)9-19-16(22)17-7-5-13-10-18-15-4-2-1-3-14(13)15/h1-4,10,12,18H,5-9,11H2,(H2,17,19,22)/t12-/m0/s1. The molecule has 1 aliphatic rings. The number of H-pyrrole nitrogens is 1. The van der Waals surface area contributed by atoms with Crippen molar-refractivity contribution in [3.8, 4) is 0 Å². The van der Waals surface area contributed by atoms with Gasteiger partial charge in [0.25, 0.3) is 0 Å². The van der Waals surface area contributed by atoms with E-state index in [0.29, 0.717) is 17.4 Å². The van der Waals surface area contributed by atoms with Gasteiger partial charge in [0.15, 0.2) is 14.9 Å². The van der Waals surface area contributed by atoms with Crippen molar-refractivity contribution in [1.82, 2.24) is 15.6 Å². The maximum Gasteiger partial charge on any atom is 0.166 e. The fourth-order valence-corrected chi connectivity index (χ4v) is 5.03. The third-order valence-electron chi connectivity index (χ3n) is 4.23. The normalized spacial score (nSPS) is 19.7. The summed E-state index contributed by atoms with van der Waals surface area (Å²) >= 11 is 5.26. The number of fused-ring (bicyclic) bond motifs is 1. The van der Waals surface area contributed by atoms with Crippen LogP contribution in [0, 0.1) is 5.92 Å². The molecule has 1 aromatic carbocycles. The summed E-state index contributed by atoms with van der Waals surface area (Å²) < 4.78 is 22.8. The summed E-state index contributed by atoms with van der Waals surface area (Å²) in [4.78, 5) is 3.26. The molecule has 0 spiro atoms. The average molecular weight is 351 g/mol. The van der Waals surface area contributed by atoms with E-state index in [1.165, 1.54) is 10.9 Å². The van der Waals surface area contributed by atoms with Crippen LogP contribution in [0.25, 0.3) is 10.9 Å². The van der Waals surface area contributed by atoms with Crippen LogP contribution >= 0.6 is 12.2 Å². The van der Waals surface area contributed by atoms with Crippen LogP contribution in [0.4, 0.5) is 0 Å². The second kappa shape index (κ2) is 6.88. The van der Waals surface area contributed by atoms with Gasteiger partial charge in [-0.25, -0.2) is 8.42 Å². The number of nitrogens with one attached hydrogen (secondary N) is 3. The first-order chi connectivity index (χ1) is 11.0. The molecule has 0 aliphatic carbocycles. The predicted octanol–water partition coefficient (Wildman–Crippen LogP) is 1.61. The van der Waals surface area contributed by atoms with Crippen molar-refractivity contribution < 1.29 is 8.42 Å². The summed E-state index contributed by atoms with van der Waals surface area (Å²) in [5.41, 5.74) is 2.41. The smallest absolute Gasteiger partial charge is 0.166 e. The van der Waals surface area contributed by atoms with Crippen molar-refractivity contribution >= 4 is 38.1 Å². The van der Waals surface area contributed by atoms with Crippen LogP contribution in [0.2, 0.25) is 0 Å². The molecule has 7 heteroatoms. The molecule has 2 heterocycles. The SMILES string of the molecule is O=S1(=O)CC[C@@H](CNC(=S)NCCc2c[nH]c3ccccc23)C1. The molecule has 3 rings (SSSR count). The van der Waals surface area contributed by atoms with Gasteiger partial charge in [-0.05, 0) is 42.6 Å². The van der Waals surface area contributed by atoms with E-state index < -0.39 is 9.84 Å². The van der Waals surface area contributed by atoms with Gasteiger partial charge in [0.05, 0.1) is 11.5 Å². The molecule has 0 unspecified atom stereocenters. The van der Waals surface area contributed by atoms with Crippen LogP contribution in [-0.2, 0) is 16.3 Å². The van der Waals surface area contributed by atoms with Crippen LogP contribution in [-0.4, -0.2) is 43.1 Å². The molecule has 5 nitrogen and oxygen atoms in total. The molecule has 0 saturated carbocycles. The number of para-hydroxylation sites is 1. The highest BCUT2D eigenvalue weighted by atomic mass is 32.2. The summed E-state index contributed by atoms with van der Waals surface area (Å²) in [6.45, 7) is 1.37. The average Bonchev–Trinajstić information content (AvgIpc) is 3.09. The first-order valence-electron chi connectivity index (χ1n) is 7.80. The molecular formula is C16H21N3O2S2. The van der Waals surface area contributed by atoms with E-state index in [1.54, 1.807) is 0 Å². The van der Waals surface area contributed by atoms with Crippen LogP contribution in [0.5, 0.6) is 0 Å². The molecule has 1 atom stereocenters. The third-order valence-corrected chi connectivity index (χ3v) is 6.36. The van der Waals surface area contributed by atoms with E-state index in [1.807, 2.05) is 18.3 Å². The van der Waals surface area contributed by atoms with Gasteiger partial charge in [0.1, 0.15) is 0 Å². The molecular weight excluding hydrogens is 330 g/mol. The first-order valence-corrected chi connectivity index (χ1v) is 10.0. The minimum absolute atomic E-state index is 0.174. The molecule has 1 aromatic heterocycles. The van der Waals surface area contributed by atoms with Gasteiger partial charge >= 0.3 is 0 Å². The molecule has 0 bridgehead atoms. The highest BCUT2D eigenvalue weighted by molar-refractivity contribution is 7.91. The zero-order valence-corrected chi connectivity index (χ0v) is 14.5. The Morgan fingerprint density at radius 1 is 1.30 bits per heavy atom. The van der Waals surface area contributed by atoms with Gasteiger partial charge < -0.3 is 15.6 Å². The topological polar surface area (TPSA) is 74.0 Å². The lowest BCUT2D eigenvalue weighted by Crippen LogP contribution is -2.39. The maximum atomic E-state index is 11.4. The molecule has 2 aromatic rings. The maximum absolute atomic E-state index is 11.4. The van der Waals surface area contributed by atoms with Crippen molar-refractivity contribution in [3.05, 3.63) is 36.0 Å². The molecule has 124 valence electrons. The van der Waals surface area contributed by atoms with Crippen LogP contribution in [0.15, 0.2) is 30.5 Å². The molecule has 0 amide bonds. The molecule has 0 radical (unpaired) electrons. The molecule has 1 aliphatic heterocycles. The van der Waals surface area contributed by atoms with E-state index in [-0.39, 0.29) is 11.7 Å². The molecule has 1 fully saturated rings. The van der Waals surface area contributed by atoms with Gasteiger partial charge in [0.2, 0.25) is 0 Å². The highest BCUT2D eigenvalue weighted by Gasteiger charge is 2.27. The lowest BCUT2D eigenvalue weighted by atomic mass is 10.1. The van der Waals surface area contributed by atoms with E-state index >= 15 is 0 Å². The quantitative estimate of drug-likeness (QED) is 0.714. The van der Waals surface area contributed by atoms with Crippen LogP contribution in [0.3, 0.4) is 0 Å². The van der Waals surface area contributed by atoms with Crippen molar-refractivity contribution in [3.63, 3.8) is 0 Å². The van der Waals surface area contributed by atoms with Crippen molar-refractivity contribution in [2.45, 2.75) is 12.8 Å². The Balaban J connectivity index is 1.41. The Kier molecular flexibility index (Phi) is 4.87. The molecule has 23 heavy (non-hydrogen) atoms. The molecule has 1 saturated heterocycles. The summed E-state index contributed by atoms with van der Waals surface area (Å²) in [5, 5.41) is 8.15. The Morgan fingerprint density at radius 2 is 2.13 bits per heavy atom. The lowest BCUT2D eigenvalue weighted by molar-refractivity contribution is 0.570. The lowest BCUT2D eigenvalue weighted by Gasteiger charge is -2.13. The Bertz CT molecular complexity index is 799. The summed E-state index contributed by atoms with van der Waals surface area (Å²) in [7, 11) is -2.82. The number of hydrogen-bond acceptors (Lipinski definition) is 3. The van der Waals surface area contributed by atoms with E-state index in [9.17, 15) is 8.42 Å². The van der Waals surface area contributed by atoms with Crippen molar-refractivity contribution in [1.29, 1.82) is 0 Å². The van der Waals surface area contributed by atoms with E-state index in [4.69, 9.17) is 12.2 Å². The number of aromatic nitrogens is 1. The largest absolute Gasteiger partial charge is 0.362 e. The fourth-order valence-electron chi connectivity index (χ4n) is 2.98. The van der Waals surface area contributed by atoms with Crippen molar-refractivity contribution in [2.75, 3.05) is 24.6 Å². The van der Waals surface area contributed by atoms with Gasteiger partial charge in [-0.15, -0.1) is 0 Å². The van der Waals surface area contributed by atoms with Crippen LogP contribution in [0.1, 0.15) is 12.0 Å². The number of sulfone groups is 1. The van der Waals surface area contributed by atoms with Crippen LogP contribution < -0.4 is 10.6 Å². The fraction of sp³-hybridized carbons (Fsp3) is 0.438. The number of hydrogen-bond donors (Lipinski definition) is 3. The zero-order chi connectivity index (χ0) is 16.3. The van der Waals surface area contributed by atoms with E-state index in [2.05, 4.69) is 27.8 Å². The Hall–Kier alpha value is -1.60. The van der Waals surface area contributed by atoms with E-state index in [0.717, 1.165) is 24.9 Å². The van der Waals surface area contributed by atoms with Crippen molar-refractivity contribution in [2.24, 2.45) is 5.92 Å². The predicted molar refractivity (Wildman–Crippen MR) is 97.4 cm³/mol. The Labute approximate surface area is 141 Å². The highest BCUT2D eigenvalue weighted by Crippen LogP contribution is 2.18. The first kappa shape index (κ1) is 16.3. The Morgan fingerprint density at radius 3 is 2.91 bits per heavy atom. The van der Waals surface area contributed by atoms with Gasteiger partial charge in [-0.2, -0.15) is 0 Å². The summed E-state index contributed by atoms with van der Waals surface area (Å²) in [6.07, 6.45) is 3.64. The third kappa shape index (κ3) is 4.23. The van der Waals surface area contributed by atoms with Gasteiger partial charge in [-0.3, -0.25) is 0 Å². The number of aromatic amines is 1. The molecule has 3 N–H and O–H groups in total. The minimum atomic E-state index is -2.82. The van der Waals surface area contributed by atoms with Gasteiger partial charge in [0, 0.05) is 30.2 Å². The van der Waals surface area contributed by atoms with Gasteiger partial charge in [-0.1, -0.05) is 18.2 Å². The zero-order valence-electron chi connectivity index (χ0n) is 12.8. The monoisotopic (exact) mass is 351 g/mol. The second-order valence-corrected chi connectivity index (χ2v) is 8.65. The second-order valence-electron chi connectivity index (χ2n) is 6.02. The summed E-state index contributed by atoms with van der Waals surface area (Å²) in [5.74, 6) is 0.756.